The minimum absolute atomic E-state index is 0.0886. The van der Waals surface area contributed by atoms with Crippen molar-refractivity contribution in [3.63, 3.8) is 0 Å². The minimum atomic E-state index is -0.819. The van der Waals surface area contributed by atoms with Crippen molar-refractivity contribution in [1.29, 1.82) is 0 Å². The first-order valence-corrected chi connectivity index (χ1v) is 8.94. The molecule has 1 unspecified atom stereocenters. The third kappa shape index (κ3) is 4.27. The summed E-state index contributed by atoms with van der Waals surface area (Å²) >= 11 is 0. The highest BCUT2D eigenvalue weighted by Crippen LogP contribution is 2.22. The van der Waals surface area contributed by atoms with Crippen LogP contribution in [-0.2, 0) is 4.79 Å². The van der Waals surface area contributed by atoms with E-state index in [-0.39, 0.29) is 5.78 Å². The minimum Gasteiger partial charge on any atom is -0.380 e. The standard InChI is InChI=1S/C22H21N3O3/c1-16(27)22-20-8-3-4-9-21(20)25(23-22)18-7-5-6-17(14-18)10-11-19(28)12-13-24(2)15-26/h3-9,14-15,19,28H,12-13H2,1-2H3. The van der Waals surface area contributed by atoms with Crippen LogP contribution in [-0.4, -0.2) is 51.7 Å². The molecule has 142 valence electrons. The molecular formula is C22H21N3O3. The number of benzene rings is 2. The van der Waals surface area contributed by atoms with E-state index in [4.69, 9.17) is 0 Å². The summed E-state index contributed by atoms with van der Waals surface area (Å²) in [4.78, 5) is 24.0. The van der Waals surface area contributed by atoms with Crippen molar-refractivity contribution in [2.24, 2.45) is 0 Å². The average Bonchev–Trinajstić information content (AvgIpc) is 3.10. The van der Waals surface area contributed by atoms with Gasteiger partial charge < -0.3 is 10.0 Å². The molecule has 0 spiro atoms. The van der Waals surface area contributed by atoms with Crippen LogP contribution in [0.2, 0.25) is 0 Å². The van der Waals surface area contributed by atoms with Crippen LogP contribution in [0.5, 0.6) is 0 Å². The summed E-state index contributed by atoms with van der Waals surface area (Å²) in [6.45, 7) is 1.94. The summed E-state index contributed by atoms with van der Waals surface area (Å²) in [7, 11) is 1.65. The van der Waals surface area contributed by atoms with E-state index in [2.05, 4.69) is 16.9 Å². The molecule has 0 aliphatic rings. The smallest absolute Gasteiger partial charge is 0.209 e. The summed E-state index contributed by atoms with van der Waals surface area (Å²) in [5.74, 6) is 5.67. The molecule has 0 saturated carbocycles. The van der Waals surface area contributed by atoms with Gasteiger partial charge in [0, 0.05) is 37.9 Å². The zero-order valence-corrected chi connectivity index (χ0v) is 15.8. The van der Waals surface area contributed by atoms with Gasteiger partial charge in [0.2, 0.25) is 6.41 Å². The van der Waals surface area contributed by atoms with Gasteiger partial charge in [-0.1, -0.05) is 36.1 Å². The van der Waals surface area contributed by atoms with Gasteiger partial charge >= 0.3 is 0 Å². The van der Waals surface area contributed by atoms with E-state index in [1.54, 1.807) is 11.7 Å². The number of hydrogen-bond donors (Lipinski definition) is 1. The van der Waals surface area contributed by atoms with Crippen molar-refractivity contribution >= 4 is 23.1 Å². The second kappa shape index (κ2) is 8.51. The third-order valence-corrected chi connectivity index (χ3v) is 4.33. The number of aliphatic hydroxyl groups excluding tert-OH is 1. The largest absolute Gasteiger partial charge is 0.380 e. The molecule has 1 aromatic heterocycles. The van der Waals surface area contributed by atoms with Gasteiger partial charge in [0.05, 0.1) is 11.2 Å². The SMILES string of the molecule is CC(=O)c1nn(-c2cccc(C#CC(O)CCN(C)C=O)c2)c2ccccc12. The summed E-state index contributed by atoms with van der Waals surface area (Å²) in [5, 5.41) is 15.3. The highest BCUT2D eigenvalue weighted by molar-refractivity contribution is 6.05. The maximum Gasteiger partial charge on any atom is 0.209 e. The fourth-order valence-corrected chi connectivity index (χ4v) is 2.86. The van der Waals surface area contributed by atoms with E-state index in [1.165, 1.54) is 11.8 Å². The van der Waals surface area contributed by atoms with Crippen LogP contribution in [0.25, 0.3) is 16.6 Å². The molecule has 1 N–H and O–H groups in total. The van der Waals surface area contributed by atoms with E-state index in [0.717, 1.165) is 22.2 Å². The van der Waals surface area contributed by atoms with Gasteiger partial charge in [-0.15, -0.1) is 0 Å². The molecule has 28 heavy (non-hydrogen) atoms. The van der Waals surface area contributed by atoms with E-state index >= 15 is 0 Å². The van der Waals surface area contributed by atoms with E-state index in [1.807, 2.05) is 48.5 Å². The van der Waals surface area contributed by atoms with E-state index in [0.29, 0.717) is 25.1 Å². The quantitative estimate of drug-likeness (QED) is 0.408. The zero-order valence-electron chi connectivity index (χ0n) is 15.8. The number of amides is 1. The molecule has 0 fully saturated rings. The first-order valence-electron chi connectivity index (χ1n) is 8.94. The molecule has 0 saturated heterocycles. The van der Waals surface area contributed by atoms with Crippen LogP contribution >= 0.6 is 0 Å². The Labute approximate surface area is 163 Å². The highest BCUT2D eigenvalue weighted by atomic mass is 16.3. The van der Waals surface area contributed by atoms with Gasteiger partial charge in [-0.25, -0.2) is 4.68 Å². The van der Waals surface area contributed by atoms with Crippen molar-refractivity contribution in [3.8, 4) is 17.5 Å². The van der Waals surface area contributed by atoms with Crippen molar-refractivity contribution in [2.45, 2.75) is 19.4 Å². The van der Waals surface area contributed by atoms with Gasteiger partial charge in [-0.2, -0.15) is 5.10 Å². The van der Waals surface area contributed by atoms with Crippen LogP contribution < -0.4 is 0 Å². The molecule has 0 aliphatic carbocycles. The summed E-state index contributed by atoms with van der Waals surface area (Å²) < 4.78 is 1.73. The lowest BCUT2D eigenvalue weighted by Gasteiger charge is -2.10. The predicted molar refractivity (Wildman–Crippen MR) is 107 cm³/mol. The van der Waals surface area contributed by atoms with Crippen LogP contribution in [0.3, 0.4) is 0 Å². The Kier molecular flexibility index (Phi) is 5.87. The lowest BCUT2D eigenvalue weighted by Crippen LogP contribution is -2.21. The Bertz CT molecular complexity index is 1080. The zero-order chi connectivity index (χ0) is 20.1. The molecular weight excluding hydrogens is 354 g/mol. The summed E-state index contributed by atoms with van der Waals surface area (Å²) in [5.41, 5.74) is 2.78. The van der Waals surface area contributed by atoms with Crippen LogP contribution in [0.1, 0.15) is 29.4 Å². The Morgan fingerprint density at radius 1 is 1.29 bits per heavy atom. The maximum absolute atomic E-state index is 11.9. The number of fused-ring (bicyclic) bond motifs is 1. The van der Waals surface area contributed by atoms with Crippen molar-refractivity contribution in [2.75, 3.05) is 13.6 Å². The van der Waals surface area contributed by atoms with Gasteiger partial charge in [0.15, 0.2) is 5.78 Å². The number of aromatic nitrogens is 2. The number of hydrogen-bond acceptors (Lipinski definition) is 4. The second-order valence-corrected chi connectivity index (χ2v) is 6.54. The number of rotatable bonds is 6. The highest BCUT2D eigenvalue weighted by Gasteiger charge is 2.14. The van der Waals surface area contributed by atoms with Crippen molar-refractivity contribution in [1.82, 2.24) is 14.7 Å². The maximum atomic E-state index is 11.9. The Hall–Kier alpha value is -3.43. The van der Waals surface area contributed by atoms with Crippen LogP contribution in [0, 0.1) is 11.8 Å². The lowest BCUT2D eigenvalue weighted by atomic mass is 10.1. The van der Waals surface area contributed by atoms with Gasteiger partial charge in [-0.3, -0.25) is 9.59 Å². The van der Waals surface area contributed by atoms with Crippen LogP contribution in [0.15, 0.2) is 48.5 Å². The molecule has 1 amide bonds. The average molecular weight is 375 g/mol. The predicted octanol–water partition coefficient (Wildman–Crippen LogP) is 2.42. The molecule has 3 aromatic rings. The number of para-hydroxylation sites is 1. The van der Waals surface area contributed by atoms with E-state index < -0.39 is 6.10 Å². The monoisotopic (exact) mass is 375 g/mol. The molecule has 2 aromatic carbocycles. The summed E-state index contributed by atoms with van der Waals surface area (Å²) in [6.07, 6.45) is 0.280. The third-order valence-electron chi connectivity index (χ3n) is 4.33. The second-order valence-electron chi connectivity index (χ2n) is 6.54. The fourth-order valence-electron chi connectivity index (χ4n) is 2.86. The first-order chi connectivity index (χ1) is 13.5. The molecule has 0 aliphatic heterocycles. The van der Waals surface area contributed by atoms with Gasteiger partial charge in [-0.05, 0) is 24.3 Å². The summed E-state index contributed by atoms with van der Waals surface area (Å²) in [6, 6.07) is 15.0. The van der Waals surface area contributed by atoms with Crippen molar-refractivity contribution < 1.29 is 14.7 Å². The number of nitrogens with zero attached hydrogens (tertiary/aromatic N) is 3. The molecule has 6 heteroatoms. The van der Waals surface area contributed by atoms with Crippen LogP contribution in [0.4, 0.5) is 0 Å². The number of Topliss-reactive ketones (excluding diaryl/α,β-unsaturated/α-hetero) is 1. The Morgan fingerprint density at radius 2 is 2.07 bits per heavy atom. The Morgan fingerprint density at radius 3 is 2.82 bits per heavy atom. The molecule has 0 bridgehead atoms. The molecule has 0 radical (unpaired) electrons. The normalized spacial score (nSPS) is 11.5. The molecule has 3 rings (SSSR count). The van der Waals surface area contributed by atoms with Crippen molar-refractivity contribution in [3.05, 3.63) is 59.8 Å². The van der Waals surface area contributed by atoms with Gasteiger partial charge in [0.1, 0.15) is 11.8 Å². The molecule has 6 nitrogen and oxygen atoms in total. The number of aliphatic hydroxyl groups is 1. The molecule has 1 heterocycles. The van der Waals surface area contributed by atoms with Gasteiger partial charge in [0.25, 0.3) is 0 Å². The lowest BCUT2D eigenvalue weighted by molar-refractivity contribution is -0.117. The Balaban J connectivity index is 1.89. The topological polar surface area (TPSA) is 75.4 Å². The first kappa shape index (κ1) is 19.3. The number of carbonyl (C=O) groups excluding carboxylic acids is 2. The molecule has 1 atom stereocenters. The number of carbonyl (C=O) groups is 2. The number of ketones is 1. The van der Waals surface area contributed by atoms with E-state index in [9.17, 15) is 14.7 Å². The fraction of sp³-hybridized carbons (Fsp3) is 0.227.